The first kappa shape index (κ1) is 21.9. The molecule has 4 rings (SSSR count). The van der Waals surface area contributed by atoms with Crippen molar-refractivity contribution < 1.29 is 31.9 Å². The van der Waals surface area contributed by atoms with Crippen molar-refractivity contribution in [2.24, 2.45) is 11.8 Å². The summed E-state index contributed by atoms with van der Waals surface area (Å²) in [6.45, 7) is 1.84. The van der Waals surface area contributed by atoms with Gasteiger partial charge in [0, 0.05) is 38.5 Å². The number of hydrogen-bond donors (Lipinski definition) is 0. The van der Waals surface area contributed by atoms with Crippen molar-refractivity contribution in [3.63, 3.8) is 0 Å². The maximum absolute atomic E-state index is 14.0. The SMILES string of the molecule is O=C1CO[C@H]2CCN(C(=O)N3CC(C#Cc4c(F)cc(C(F)(F)F)cc4Cl)C3)C[C@H]2C1. The van der Waals surface area contributed by atoms with Crippen LogP contribution in [0.15, 0.2) is 12.1 Å². The molecular formula is C21H19ClF4N2O3. The van der Waals surface area contributed by atoms with Gasteiger partial charge in [-0.3, -0.25) is 4.79 Å². The van der Waals surface area contributed by atoms with Crippen LogP contribution in [0.25, 0.3) is 0 Å². The Morgan fingerprint density at radius 3 is 2.61 bits per heavy atom. The van der Waals surface area contributed by atoms with Gasteiger partial charge in [0.25, 0.3) is 0 Å². The van der Waals surface area contributed by atoms with Gasteiger partial charge in [-0.1, -0.05) is 23.4 Å². The minimum Gasteiger partial charge on any atom is -0.370 e. The highest BCUT2D eigenvalue weighted by Gasteiger charge is 2.40. The van der Waals surface area contributed by atoms with Crippen molar-refractivity contribution in [2.45, 2.75) is 25.1 Å². The number of amides is 2. The van der Waals surface area contributed by atoms with Crippen molar-refractivity contribution in [2.75, 3.05) is 32.8 Å². The molecule has 0 aliphatic carbocycles. The number of ether oxygens (including phenoxy) is 1. The molecule has 1 aromatic carbocycles. The molecule has 0 radical (unpaired) electrons. The zero-order valence-electron chi connectivity index (χ0n) is 16.3. The van der Waals surface area contributed by atoms with Crippen LogP contribution in [-0.4, -0.2) is 60.5 Å². The largest absolute Gasteiger partial charge is 0.416 e. The Morgan fingerprint density at radius 2 is 1.94 bits per heavy atom. The summed E-state index contributed by atoms with van der Waals surface area (Å²) in [7, 11) is 0. The third-order valence-corrected chi connectivity index (χ3v) is 6.10. The molecule has 0 aromatic heterocycles. The molecule has 0 spiro atoms. The maximum Gasteiger partial charge on any atom is 0.416 e. The van der Waals surface area contributed by atoms with E-state index in [4.69, 9.17) is 16.3 Å². The first-order valence-corrected chi connectivity index (χ1v) is 10.2. The van der Waals surface area contributed by atoms with Gasteiger partial charge < -0.3 is 14.5 Å². The van der Waals surface area contributed by atoms with Crippen molar-refractivity contribution in [1.82, 2.24) is 9.80 Å². The number of fused-ring (bicyclic) bond motifs is 1. The van der Waals surface area contributed by atoms with Crippen molar-refractivity contribution >= 4 is 23.4 Å². The number of carbonyl (C=O) groups excluding carboxylic acids is 2. The summed E-state index contributed by atoms with van der Waals surface area (Å²) in [4.78, 5) is 27.6. The van der Waals surface area contributed by atoms with Gasteiger partial charge in [0.15, 0.2) is 5.78 Å². The molecular weight excluding hydrogens is 440 g/mol. The van der Waals surface area contributed by atoms with Crippen LogP contribution in [0.2, 0.25) is 5.02 Å². The summed E-state index contributed by atoms with van der Waals surface area (Å²) in [5, 5.41) is -0.404. The Kier molecular flexibility index (Phi) is 5.88. The number of piperidine rings is 1. The topological polar surface area (TPSA) is 49.9 Å². The first-order valence-electron chi connectivity index (χ1n) is 9.86. The molecule has 0 N–H and O–H groups in total. The van der Waals surface area contributed by atoms with E-state index in [2.05, 4.69) is 11.8 Å². The van der Waals surface area contributed by atoms with E-state index in [1.54, 1.807) is 9.80 Å². The summed E-state index contributed by atoms with van der Waals surface area (Å²) >= 11 is 5.78. The van der Waals surface area contributed by atoms with Gasteiger partial charge in [-0.2, -0.15) is 13.2 Å². The third kappa shape index (κ3) is 4.65. The van der Waals surface area contributed by atoms with E-state index >= 15 is 0 Å². The minimum atomic E-state index is -4.70. The number of rotatable bonds is 0. The van der Waals surface area contributed by atoms with Gasteiger partial charge in [-0.25, -0.2) is 9.18 Å². The second kappa shape index (κ2) is 8.32. The van der Waals surface area contributed by atoms with Gasteiger partial charge in [0.05, 0.1) is 28.2 Å². The van der Waals surface area contributed by atoms with Crippen LogP contribution in [0, 0.1) is 29.5 Å². The molecule has 166 valence electrons. The average Bonchev–Trinajstić information content (AvgIpc) is 2.66. The molecule has 2 amide bonds. The fourth-order valence-electron chi connectivity index (χ4n) is 4.11. The fraction of sp³-hybridized carbons (Fsp3) is 0.524. The number of likely N-dealkylation sites (tertiary alicyclic amines) is 2. The number of Topliss-reactive ketones (excluding diaryl/α,β-unsaturated/α-hetero) is 1. The summed E-state index contributed by atoms with van der Waals surface area (Å²) in [6, 6.07) is 0.873. The van der Waals surface area contributed by atoms with Gasteiger partial charge in [0.1, 0.15) is 12.4 Å². The number of benzene rings is 1. The van der Waals surface area contributed by atoms with E-state index < -0.39 is 22.6 Å². The van der Waals surface area contributed by atoms with E-state index in [-0.39, 0.29) is 41.9 Å². The van der Waals surface area contributed by atoms with Gasteiger partial charge in [0.2, 0.25) is 0 Å². The van der Waals surface area contributed by atoms with Crippen LogP contribution < -0.4 is 0 Å². The van der Waals surface area contributed by atoms with Gasteiger partial charge in [-0.05, 0) is 18.6 Å². The summed E-state index contributed by atoms with van der Waals surface area (Å²) in [5.74, 6) is 4.00. The van der Waals surface area contributed by atoms with E-state index in [1.807, 2.05) is 0 Å². The van der Waals surface area contributed by atoms with E-state index in [0.717, 1.165) is 0 Å². The Bertz CT molecular complexity index is 943. The van der Waals surface area contributed by atoms with Gasteiger partial charge in [-0.15, -0.1) is 0 Å². The van der Waals surface area contributed by atoms with Crippen molar-refractivity contribution in [3.05, 3.63) is 34.1 Å². The monoisotopic (exact) mass is 458 g/mol. The normalized spacial score (nSPS) is 24.2. The highest BCUT2D eigenvalue weighted by molar-refractivity contribution is 6.31. The molecule has 0 saturated carbocycles. The Labute approximate surface area is 181 Å². The highest BCUT2D eigenvalue weighted by Crippen LogP contribution is 2.33. The molecule has 3 fully saturated rings. The van der Waals surface area contributed by atoms with Crippen molar-refractivity contribution in [1.29, 1.82) is 0 Å². The van der Waals surface area contributed by atoms with E-state index in [9.17, 15) is 27.2 Å². The second-order valence-corrected chi connectivity index (χ2v) is 8.46. The third-order valence-electron chi connectivity index (χ3n) is 5.81. The van der Waals surface area contributed by atoms with Crippen LogP contribution in [0.1, 0.15) is 24.0 Å². The molecule has 3 saturated heterocycles. The molecule has 1 aromatic rings. The molecule has 5 nitrogen and oxygen atoms in total. The Hall–Kier alpha value is -2.31. The standard InChI is InChI=1S/C21H19ClF4N2O3/c22-17-6-14(21(24,25)26)7-18(23)16(17)2-1-12-8-28(9-12)20(30)27-4-3-19-13(10-27)5-15(29)11-31-19/h6-7,12-13,19H,3-5,8-11H2/t13-,19+/m1/s1. The van der Waals surface area contributed by atoms with E-state index in [1.165, 1.54) is 0 Å². The van der Waals surface area contributed by atoms with Crippen LogP contribution in [-0.2, 0) is 15.7 Å². The summed E-state index contributed by atoms with van der Waals surface area (Å²) in [6.07, 6.45) is -3.58. The molecule has 10 heteroatoms. The number of carbonyl (C=O) groups is 2. The van der Waals surface area contributed by atoms with Gasteiger partial charge >= 0.3 is 12.2 Å². The van der Waals surface area contributed by atoms with Crippen LogP contribution in [0.4, 0.5) is 22.4 Å². The minimum absolute atomic E-state index is 0.0140. The second-order valence-electron chi connectivity index (χ2n) is 8.05. The molecule has 2 atom stereocenters. The number of alkyl halides is 3. The molecule has 3 aliphatic rings. The molecule has 31 heavy (non-hydrogen) atoms. The maximum atomic E-state index is 14.0. The zero-order chi connectivity index (χ0) is 22.3. The lowest BCUT2D eigenvalue weighted by Crippen LogP contribution is -2.58. The number of urea groups is 1. The highest BCUT2D eigenvalue weighted by atomic mass is 35.5. The number of ketones is 1. The lowest BCUT2D eigenvalue weighted by molar-refractivity contribution is -0.140. The first-order chi connectivity index (χ1) is 14.6. The lowest BCUT2D eigenvalue weighted by atomic mass is 9.88. The summed E-state index contributed by atoms with van der Waals surface area (Å²) in [5.41, 5.74) is -1.46. The number of hydrogen-bond acceptors (Lipinski definition) is 3. The van der Waals surface area contributed by atoms with Crippen molar-refractivity contribution in [3.8, 4) is 11.8 Å². The number of halogens is 5. The van der Waals surface area contributed by atoms with Crippen LogP contribution in [0.3, 0.4) is 0 Å². The molecule has 0 unspecified atom stereocenters. The summed E-state index contributed by atoms with van der Waals surface area (Å²) < 4.78 is 57.7. The predicted molar refractivity (Wildman–Crippen MR) is 103 cm³/mol. The lowest BCUT2D eigenvalue weighted by Gasteiger charge is -2.45. The fourth-order valence-corrected chi connectivity index (χ4v) is 4.36. The smallest absolute Gasteiger partial charge is 0.370 e. The zero-order valence-corrected chi connectivity index (χ0v) is 17.1. The number of nitrogens with zero attached hydrogens (tertiary/aromatic N) is 2. The quantitative estimate of drug-likeness (QED) is 0.441. The molecule has 3 aliphatic heterocycles. The Balaban J connectivity index is 1.34. The average molecular weight is 459 g/mol. The van der Waals surface area contributed by atoms with E-state index in [0.29, 0.717) is 51.2 Å². The Morgan fingerprint density at radius 1 is 1.19 bits per heavy atom. The molecule has 0 bridgehead atoms. The van der Waals surface area contributed by atoms with Crippen LogP contribution >= 0.6 is 11.6 Å². The predicted octanol–water partition coefficient (Wildman–Crippen LogP) is 3.58. The molecule has 3 heterocycles. The van der Waals surface area contributed by atoms with Crippen LogP contribution in [0.5, 0.6) is 0 Å².